The first-order valence-electron chi connectivity index (χ1n) is 10.9. The number of hydrogen-bond donors (Lipinski definition) is 0. The van der Waals surface area contributed by atoms with E-state index in [1.807, 2.05) is 60.0 Å². The van der Waals surface area contributed by atoms with E-state index in [9.17, 15) is 18.0 Å². The molecule has 3 aromatic rings. The second kappa shape index (κ2) is 10.4. The van der Waals surface area contributed by atoms with Crippen molar-refractivity contribution in [1.82, 2.24) is 9.47 Å². The highest BCUT2D eigenvalue weighted by atomic mass is 79.9. The highest BCUT2D eigenvalue weighted by Gasteiger charge is 2.27. The number of benzene rings is 2. The number of anilines is 1. The number of carbonyl (C=O) groups excluding carboxylic acids is 2. The number of amides is 2. The van der Waals surface area contributed by atoms with Crippen LogP contribution in [0.4, 0.5) is 5.69 Å². The number of para-hydroxylation sites is 1. The smallest absolute Gasteiger partial charge is 0.263 e. The highest BCUT2D eigenvalue weighted by Crippen LogP contribution is 2.22. The molecule has 34 heavy (non-hydrogen) atoms. The fourth-order valence-corrected chi connectivity index (χ4v) is 6.71. The van der Waals surface area contributed by atoms with Crippen LogP contribution in [0.5, 0.6) is 0 Å². The fourth-order valence-electron chi connectivity index (χ4n) is 3.95. The molecular weight excluding hydrogens is 540 g/mol. The summed E-state index contributed by atoms with van der Waals surface area (Å²) in [5, 5.41) is 0. The van der Waals surface area contributed by atoms with Crippen LogP contribution in [0.1, 0.15) is 6.92 Å². The molecule has 0 N–H and O–H groups in total. The lowest BCUT2D eigenvalue weighted by atomic mass is 10.2. The third-order valence-electron chi connectivity index (χ3n) is 5.62. The zero-order chi connectivity index (χ0) is 24.3. The van der Waals surface area contributed by atoms with Gasteiger partial charge in [-0.3, -0.25) is 9.59 Å². The minimum Gasteiger partial charge on any atom is -0.368 e. The molecule has 1 fully saturated rings. The van der Waals surface area contributed by atoms with Crippen molar-refractivity contribution in [3.05, 3.63) is 57.8 Å². The summed E-state index contributed by atoms with van der Waals surface area (Å²) in [6, 6.07) is 15.6. The maximum atomic E-state index is 12.6. The van der Waals surface area contributed by atoms with Crippen LogP contribution in [0.2, 0.25) is 0 Å². The number of aryl methyl sites for hydroxylation is 1. The van der Waals surface area contributed by atoms with E-state index in [4.69, 9.17) is 0 Å². The van der Waals surface area contributed by atoms with Gasteiger partial charge in [-0.1, -0.05) is 45.5 Å². The van der Waals surface area contributed by atoms with Gasteiger partial charge >= 0.3 is 0 Å². The van der Waals surface area contributed by atoms with Gasteiger partial charge in [0, 0.05) is 42.9 Å². The van der Waals surface area contributed by atoms with Crippen LogP contribution < -0.4 is 9.70 Å². The number of piperazine rings is 1. The lowest BCUT2D eigenvalue weighted by molar-refractivity contribution is -0.128. The molecule has 11 heteroatoms. The first-order valence-corrected chi connectivity index (χ1v) is 14.3. The quantitative estimate of drug-likeness (QED) is 0.459. The van der Waals surface area contributed by atoms with Crippen molar-refractivity contribution in [3.8, 4) is 0 Å². The fraction of sp³-hybridized carbons (Fsp3) is 0.348. The van der Waals surface area contributed by atoms with E-state index in [0.29, 0.717) is 37.5 Å². The number of hydrogen-bond acceptors (Lipinski definition) is 6. The Bertz CT molecular complexity index is 1370. The van der Waals surface area contributed by atoms with Crippen molar-refractivity contribution >= 4 is 64.8 Å². The molecule has 180 valence electrons. The molecule has 4 rings (SSSR count). The van der Waals surface area contributed by atoms with Crippen LogP contribution in [0.15, 0.2) is 58.0 Å². The summed E-state index contributed by atoms with van der Waals surface area (Å²) in [6.45, 7) is 4.66. The summed E-state index contributed by atoms with van der Waals surface area (Å²) in [4.78, 5) is 33.3. The Morgan fingerprint density at radius 1 is 1.03 bits per heavy atom. The molecule has 1 aliphatic heterocycles. The number of aromatic nitrogens is 1. The van der Waals surface area contributed by atoms with Gasteiger partial charge in [-0.2, -0.15) is 4.99 Å². The second-order valence-corrected chi connectivity index (χ2v) is 12.0. The van der Waals surface area contributed by atoms with E-state index in [1.165, 1.54) is 11.3 Å². The summed E-state index contributed by atoms with van der Waals surface area (Å²) < 4.78 is 28.9. The molecule has 1 aromatic heterocycles. The van der Waals surface area contributed by atoms with Crippen LogP contribution in [-0.4, -0.2) is 67.4 Å². The third-order valence-corrected chi connectivity index (χ3v) is 8.53. The second-order valence-electron chi connectivity index (χ2n) is 7.98. The van der Waals surface area contributed by atoms with Crippen LogP contribution in [0.3, 0.4) is 0 Å². The molecule has 0 spiro atoms. The Hall–Kier alpha value is -2.50. The van der Waals surface area contributed by atoms with Crippen molar-refractivity contribution in [2.45, 2.75) is 13.5 Å². The van der Waals surface area contributed by atoms with Crippen LogP contribution in [0.25, 0.3) is 10.2 Å². The summed E-state index contributed by atoms with van der Waals surface area (Å²) in [5.74, 6) is -2.72. The van der Waals surface area contributed by atoms with Crippen molar-refractivity contribution in [2.24, 2.45) is 4.99 Å². The number of fused-ring (bicyclic) bond motifs is 1. The molecule has 2 amide bonds. The molecule has 2 heterocycles. The van der Waals surface area contributed by atoms with Gasteiger partial charge in [-0.15, -0.1) is 0 Å². The Morgan fingerprint density at radius 3 is 2.41 bits per heavy atom. The summed E-state index contributed by atoms with van der Waals surface area (Å²) in [6.07, 6.45) is 0. The standard InChI is InChI=1S/C23H25BrN4O4S2/c1-2-28-19-9-8-17(24)14-20(19)33-23(28)25-21(29)15-34(31,32)16-22(30)27-12-10-26(11-13-27)18-6-4-3-5-7-18/h3-9,14H,2,10-13,15-16H2,1H3. The summed E-state index contributed by atoms with van der Waals surface area (Å²) in [5.41, 5.74) is 2.00. The van der Waals surface area contributed by atoms with Crippen molar-refractivity contribution in [1.29, 1.82) is 0 Å². The average Bonchev–Trinajstić information content (AvgIpc) is 3.14. The number of halogens is 1. The monoisotopic (exact) mass is 564 g/mol. The topological polar surface area (TPSA) is 92.0 Å². The molecule has 0 unspecified atom stereocenters. The van der Waals surface area contributed by atoms with E-state index in [2.05, 4.69) is 25.8 Å². The number of carbonyl (C=O) groups is 2. The molecule has 0 bridgehead atoms. The molecule has 0 saturated carbocycles. The largest absolute Gasteiger partial charge is 0.368 e. The molecule has 2 aromatic carbocycles. The van der Waals surface area contributed by atoms with E-state index in [0.717, 1.165) is 20.4 Å². The van der Waals surface area contributed by atoms with Crippen LogP contribution in [-0.2, 0) is 26.0 Å². The number of nitrogens with zero attached hydrogens (tertiary/aromatic N) is 4. The Kier molecular flexibility index (Phi) is 7.54. The van der Waals surface area contributed by atoms with Crippen molar-refractivity contribution in [2.75, 3.05) is 42.6 Å². The number of sulfone groups is 1. The average molecular weight is 566 g/mol. The maximum absolute atomic E-state index is 12.6. The minimum atomic E-state index is -3.93. The van der Waals surface area contributed by atoms with Crippen LogP contribution in [0, 0.1) is 0 Å². The van der Waals surface area contributed by atoms with Gasteiger partial charge < -0.3 is 14.4 Å². The molecule has 0 radical (unpaired) electrons. The van der Waals surface area contributed by atoms with E-state index >= 15 is 0 Å². The summed E-state index contributed by atoms with van der Waals surface area (Å²) in [7, 11) is -3.93. The zero-order valence-corrected chi connectivity index (χ0v) is 21.9. The maximum Gasteiger partial charge on any atom is 0.263 e. The minimum absolute atomic E-state index is 0.440. The van der Waals surface area contributed by atoms with Crippen molar-refractivity contribution < 1.29 is 18.0 Å². The van der Waals surface area contributed by atoms with Gasteiger partial charge in [-0.25, -0.2) is 8.42 Å². The predicted molar refractivity (Wildman–Crippen MR) is 138 cm³/mol. The normalized spacial score (nSPS) is 15.2. The van der Waals surface area contributed by atoms with E-state index in [-0.39, 0.29) is 0 Å². The zero-order valence-electron chi connectivity index (χ0n) is 18.7. The van der Waals surface area contributed by atoms with E-state index < -0.39 is 33.2 Å². The van der Waals surface area contributed by atoms with Gasteiger partial charge in [-0.05, 0) is 37.3 Å². The lowest BCUT2D eigenvalue weighted by Gasteiger charge is -2.36. The molecule has 1 aliphatic rings. The first kappa shape index (κ1) is 24.6. The Morgan fingerprint density at radius 2 is 1.74 bits per heavy atom. The van der Waals surface area contributed by atoms with Crippen LogP contribution >= 0.6 is 27.3 Å². The van der Waals surface area contributed by atoms with Gasteiger partial charge in [0.1, 0.15) is 11.5 Å². The van der Waals surface area contributed by atoms with Gasteiger partial charge in [0.25, 0.3) is 5.91 Å². The Labute approximate surface area is 210 Å². The SMILES string of the molecule is CCn1c(=NC(=O)CS(=O)(=O)CC(=O)N2CCN(c3ccccc3)CC2)sc2cc(Br)ccc21. The molecular formula is C23H25BrN4O4S2. The third kappa shape index (κ3) is 5.76. The van der Waals surface area contributed by atoms with Crippen molar-refractivity contribution in [3.63, 3.8) is 0 Å². The molecule has 0 atom stereocenters. The molecule has 1 saturated heterocycles. The molecule has 8 nitrogen and oxygen atoms in total. The van der Waals surface area contributed by atoms with Gasteiger partial charge in [0.05, 0.1) is 10.2 Å². The van der Waals surface area contributed by atoms with E-state index in [1.54, 1.807) is 4.90 Å². The van der Waals surface area contributed by atoms with Gasteiger partial charge in [0.2, 0.25) is 5.91 Å². The Balaban J connectivity index is 1.39. The number of rotatable bonds is 6. The van der Waals surface area contributed by atoms with Gasteiger partial charge in [0.15, 0.2) is 14.6 Å². The number of thiazole rings is 1. The summed E-state index contributed by atoms with van der Waals surface area (Å²) >= 11 is 4.75. The molecule has 0 aliphatic carbocycles. The highest BCUT2D eigenvalue weighted by molar-refractivity contribution is 9.10. The lowest BCUT2D eigenvalue weighted by Crippen LogP contribution is -2.50. The first-order chi connectivity index (χ1) is 16.3. The predicted octanol–water partition coefficient (Wildman–Crippen LogP) is 2.68.